The van der Waals surface area contributed by atoms with E-state index in [9.17, 15) is 108 Å². The normalized spacial score (nSPS) is 10.3. The second-order valence-corrected chi connectivity index (χ2v) is 25.1. The SMILES string of the molecule is CC(=O)Nc1cc(S(=O)(=O)O)cc2cc(OS(=O)[O-])cc(O)c12.CC(=O)OC(C)=O.CC(=O)[O-].Nc1cc(S(=O)(=O)[O-])cc2cc(OS(=O)[O-])cc(O)c12.Nc1cc(S(=O)(=O)[O-])cc2cc(OS(=O)[O-])cc(O)c12.Nc1cc(S(=O)(=O)[O-])cc2cccc(O)c12.O.O=C=O.O=CO[O-].O=S(=O)=O.[H-].[Na+].[Na+].[Na+].[Na+].[Na+].[Na+].[Na+].[Na+].[Na+]. The number of carboxylic acids is 1. The molecule has 0 bridgehead atoms. The molecule has 8 aromatic carbocycles. The third-order valence-corrected chi connectivity index (χ3v) is 14.5. The molecule has 0 spiro atoms. The Kier molecular flexibility index (Phi) is 75.6. The molecule has 8 rings (SSSR count). The smallest absolute Gasteiger partial charge is 1.00 e. The predicted octanol–water partition coefficient (Wildman–Crippen LogP) is -29.6. The van der Waals surface area contributed by atoms with Crippen LogP contribution < -0.4 is 311 Å². The number of aliphatic carboxylic acids is 1. The average molecular weight is 1810 g/mol. The maximum atomic E-state index is 11.3. The molecule has 111 heavy (non-hydrogen) atoms. The number of carbonyl (C=O) groups is 5. The fourth-order valence-corrected chi connectivity index (χ4v) is 10.2. The first-order valence-electron chi connectivity index (χ1n) is 24.5. The molecule has 3 atom stereocenters. The van der Waals surface area contributed by atoms with Crippen molar-refractivity contribution in [1.82, 2.24) is 0 Å². The molecule has 1 amide bonds. The molecule has 44 nitrogen and oxygen atoms in total. The quantitative estimate of drug-likeness (QED) is 0.00631. The van der Waals surface area contributed by atoms with E-state index in [1.54, 1.807) is 6.07 Å². The number of rotatable bonds is 12. The van der Waals surface area contributed by atoms with Crippen LogP contribution >= 0.6 is 0 Å². The van der Waals surface area contributed by atoms with Gasteiger partial charge >= 0.3 is 295 Å². The van der Waals surface area contributed by atoms with Gasteiger partial charge in [-0.15, -0.1) is 12.6 Å². The van der Waals surface area contributed by atoms with Gasteiger partial charge in [-0.3, -0.25) is 23.7 Å². The summed E-state index contributed by atoms with van der Waals surface area (Å²) in [5, 5.41) is 59.8. The molecule has 3 unspecified atom stereocenters. The fourth-order valence-electron chi connectivity index (χ4n) is 7.25. The number of phenols is 4. The Morgan fingerprint density at radius 3 is 0.964 bits per heavy atom. The molecule has 0 radical (unpaired) electrons. The minimum atomic E-state index is -4.74. The van der Waals surface area contributed by atoms with E-state index in [-0.39, 0.29) is 364 Å². The molecule has 562 valence electrons. The number of anilines is 4. The van der Waals surface area contributed by atoms with Gasteiger partial charge in [-0.25, -0.2) is 37.9 Å². The number of fused-ring (bicyclic) bond motifs is 4. The van der Waals surface area contributed by atoms with E-state index in [0.717, 1.165) is 85.8 Å². The fraction of sp³-hybridized carbons (Fsp3) is 0.0800. The Labute approximate surface area is 837 Å². The number of amides is 1. The summed E-state index contributed by atoms with van der Waals surface area (Å²) >= 11 is -8.64. The number of carbonyl (C=O) groups excluding carboxylic acids is 7. The molecule has 0 heterocycles. The second-order valence-electron chi connectivity index (χ2n) is 17.4. The van der Waals surface area contributed by atoms with Crippen LogP contribution in [0, 0.1) is 0 Å². The van der Waals surface area contributed by atoms with Crippen LogP contribution in [-0.4, -0.2) is 153 Å². The third kappa shape index (κ3) is 52.0. The summed E-state index contributed by atoms with van der Waals surface area (Å²) in [5.41, 5.74) is 16.5. The van der Waals surface area contributed by atoms with Crippen LogP contribution in [0.4, 0.5) is 22.7 Å². The molecular formula is C50H45N4Na9O40S8. The Hall–Kier alpha value is -1.76. The van der Waals surface area contributed by atoms with Crippen molar-refractivity contribution in [3.8, 4) is 40.2 Å². The van der Waals surface area contributed by atoms with Gasteiger partial charge in [0.1, 0.15) is 105 Å². The molecule has 61 heteroatoms. The molecule has 0 saturated heterocycles. The van der Waals surface area contributed by atoms with Gasteiger partial charge in [0, 0.05) is 83.5 Å². The number of hydrogen-bond acceptors (Lipinski definition) is 41. The standard InChI is InChI=1S/C12H11NO8S2.2C10H9NO7S2.C10H9NO4S.C4H6O3.C2H4O2.CH2O3.CO2.9Na.O3S.H2O.H/c1-6(14)13-10-5-9(23(18,19)20)3-7-2-8(21-22(16)17)4-11(15)12(7)10;2*11-8-4-7(20(15,16)17)2-5-1-6(18-19(13)14)3-9(12)10(5)8;11-8-5-7(16(13,14)15)4-6-2-1-3-9(12)10(6)8;1-3(5)7-4(2)6;1-2(3)4;2-1-4-3;2-1-3;;;;;;;;;;1-4(2)3;;/h2-5,15H,1H3,(H,13,14)(H,16,17)(H,18,19,20);2*1-4,12H,11H2,(H,13,14)(H,15,16,17);1-5,12H,11H2,(H,13,14,15);1-2H3;1H3,(H,3,4);1,3H;;;;;;;;;;;;1H2;/q;;;;;;;;9*+1;;;-1/p-8. The summed E-state index contributed by atoms with van der Waals surface area (Å²) in [4.78, 5) is 65.1. The summed E-state index contributed by atoms with van der Waals surface area (Å²) in [6.07, 6.45) is 0.250. The van der Waals surface area contributed by atoms with E-state index in [4.69, 9.17) is 63.9 Å². The van der Waals surface area contributed by atoms with Crippen molar-refractivity contribution in [2.75, 3.05) is 22.5 Å². The number of carboxylic acid groups (broad SMARTS) is 1. The largest absolute Gasteiger partial charge is 1.00 e. The van der Waals surface area contributed by atoms with E-state index < -0.39 is 146 Å². The number of nitrogen functional groups attached to an aromatic ring is 3. The average Bonchev–Trinajstić information content (AvgIpc) is 0.794. The minimum Gasteiger partial charge on any atom is -1.00 e. The van der Waals surface area contributed by atoms with Crippen molar-refractivity contribution in [3.05, 3.63) is 103 Å². The summed E-state index contributed by atoms with van der Waals surface area (Å²) in [6, 6.07) is 18.9. The molecule has 0 saturated carbocycles. The number of nitrogens with one attached hydrogen (secondary N) is 1. The summed E-state index contributed by atoms with van der Waals surface area (Å²) in [7, 11) is -21.7. The van der Waals surface area contributed by atoms with Crippen molar-refractivity contribution in [1.29, 1.82) is 0 Å². The molecule has 8 aromatic rings. The van der Waals surface area contributed by atoms with Gasteiger partial charge in [0.05, 0.1) is 25.3 Å². The number of hydrogen-bond donors (Lipinski definition) is 9. The van der Waals surface area contributed by atoms with Crippen LogP contribution in [0.2, 0.25) is 0 Å². The van der Waals surface area contributed by atoms with Crippen molar-refractivity contribution < 1.29 is 450 Å². The van der Waals surface area contributed by atoms with Gasteiger partial charge in [-0.05, 0) is 101 Å². The Morgan fingerprint density at radius 1 is 0.477 bits per heavy atom. The number of esters is 2. The van der Waals surface area contributed by atoms with Crippen molar-refractivity contribution >= 4 is 187 Å². The number of ether oxygens (including phenoxy) is 1. The van der Waals surface area contributed by atoms with E-state index in [2.05, 4.69) is 27.5 Å². The van der Waals surface area contributed by atoms with Gasteiger partial charge in [-0.1, -0.05) is 12.1 Å². The first-order chi connectivity index (χ1) is 46.2. The molecular weight excluding hydrogens is 1760 g/mol. The topological polar surface area (TPSA) is 812 Å². The first kappa shape index (κ1) is 133. The third-order valence-electron chi connectivity index (χ3n) is 10.2. The van der Waals surface area contributed by atoms with Crippen molar-refractivity contribution in [3.63, 3.8) is 0 Å². The second kappa shape index (κ2) is 63.3. The zero-order chi connectivity index (χ0) is 78.6. The van der Waals surface area contributed by atoms with Gasteiger partial charge in [-0.2, -0.15) is 18.0 Å². The van der Waals surface area contributed by atoms with Gasteiger partial charge in [0.15, 0.2) is 0 Å². The molecule has 0 fully saturated rings. The van der Waals surface area contributed by atoms with Crippen LogP contribution in [-0.2, 0) is 128 Å². The Bertz CT molecular complexity index is 5030. The molecule has 0 aliphatic rings. The van der Waals surface area contributed by atoms with E-state index >= 15 is 0 Å². The number of nitrogens with two attached hydrogens (primary N) is 3. The monoisotopic (exact) mass is 1800 g/mol. The maximum Gasteiger partial charge on any atom is 1.00 e. The van der Waals surface area contributed by atoms with Crippen LogP contribution in [0.3, 0.4) is 0 Å². The zero-order valence-electron chi connectivity index (χ0n) is 60.5. The van der Waals surface area contributed by atoms with Gasteiger partial charge < -0.3 is 114 Å². The predicted molar refractivity (Wildman–Crippen MR) is 332 cm³/mol. The van der Waals surface area contributed by atoms with Crippen LogP contribution in [0.15, 0.2) is 123 Å². The van der Waals surface area contributed by atoms with Gasteiger partial charge in [0.2, 0.25) is 5.91 Å². The van der Waals surface area contributed by atoms with E-state index in [0.29, 0.717) is 10.8 Å². The van der Waals surface area contributed by atoms with Gasteiger partial charge in [0.25, 0.3) is 16.6 Å². The molecule has 0 aromatic heterocycles. The maximum absolute atomic E-state index is 11.3. The van der Waals surface area contributed by atoms with Crippen molar-refractivity contribution in [2.24, 2.45) is 0 Å². The number of phenolic OH excluding ortho intramolecular Hbond substituents is 4. The Balaban J connectivity index is -0.000000106. The molecule has 0 aliphatic carbocycles. The number of benzene rings is 8. The van der Waals surface area contributed by atoms with Crippen LogP contribution in [0.5, 0.6) is 40.2 Å². The minimum absolute atomic E-state index is 0. The first-order valence-corrected chi connectivity index (χ1v) is 34.2. The summed E-state index contributed by atoms with van der Waals surface area (Å²) < 4.78 is 235. The Morgan fingerprint density at radius 2 is 0.730 bits per heavy atom. The number of aromatic hydroxyl groups is 4. The summed E-state index contributed by atoms with van der Waals surface area (Å²) in [5.74, 6) is -4.83. The zero-order valence-corrected chi connectivity index (χ0v) is 84.0. The van der Waals surface area contributed by atoms with Crippen LogP contribution in [0.25, 0.3) is 43.1 Å². The van der Waals surface area contributed by atoms with Crippen LogP contribution in [0.1, 0.15) is 29.1 Å². The summed E-state index contributed by atoms with van der Waals surface area (Å²) in [6.45, 7) is 4.32. The van der Waals surface area contributed by atoms with Crippen molar-refractivity contribution in [2.45, 2.75) is 47.3 Å². The van der Waals surface area contributed by atoms with E-state index in [1.165, 1.54) is 39.0 Å². The molecule has 0 aliphatic heterocycles. The van der Waals surface area contributed by atoms with E-state index in [1.807, 2.05) is 0 Å². The molecule has 14 N–H and O–H groups in total.